The number of aromatic nitrogens is 1. The average molecular weight is 582 g/mol. The van der Waals surface area contributed by atoms with Crippen LogP contribution in [0.25, 0.3) is 11.1 Å². The number of amides is 1. The molecule has 1 N–H and O–H groups in total. The number of benzene rings is 3. The molecule has 3 aromatic carbocycles. The Kier molecular flexibility index (Phi) is 12.2. The molecule has 0 aliphatic heterocycles. The summed E-state index contributed by atoms with van der Waals surface area (Å²) in [6, 6.07) is 18.8. The molecule has 0 radical (unpaired) electrons. The van der Waals surface area contributed by atoms with Gasteiger partial charge in [0.25, 0.3) is 5.91 Å². The second-order valence-corrected chi connectivity index (χ2v) is 10.7. The zero-order valence-corrected chi connectivity index (χ0v) is 24.6. The number of carboxylic acids is 1. The van der Waals surface area contributed by atoms with Gasteiger partial charge in [0.1, 0.15) is 11.6 Å². The van der Waals surface area contributed by atoms with E-state index in [1.165, 1.54) is 23.9 Å². The molecule has 212 valence electrons. The number of carbonyl (C=O) groups excluding carboxylic acids is 2. The standard InChI is InChI=1S/C32H31F2N3O3S.Li/c1-21-6-3-4-8-27(21)29-14-22(9-10-28(29)31(38)36-30(32(39)40)11-13-41-2)19-37(20-23-7-5-12-35-18-23)26-16-24(33)15-25(34)17-26;/h3-10,12,14-18,30H,11,13,19-20H2,1-2H3,(H,36,38)(H,39,40);/q;+1/p-1/t30-;/m0./s1. The van der Waals surface area contributed by atoms with Gasteiger partial charge in [-0.1, -0.05) is 36.4 Å². The molecule has 0 bridgehead atoms. The van der Waals surface area contributed by atoms with Crippen LogP contribution in [0, 0.1) is 18.6 Å². The maximum absolute atomic E-state index is 14.2. The van der Waals surface area contributed by atoms with Crippen LogP contribution in [0.2, 0.25) is 0 Å². The summed E-state index contributed by atoms with van der Waals surface area (Å²) >= 11 is 1.48. The predicted molar refractivity (Wildman–Crippen MR) is 156 cm³/mol. The summed E-state index contributed by atoms with van der Waals surface area (Å²) in [7, 11) is 0. The summed E-state index contributed by atoms with van der Waals surface area (Å²) in [5.41, 5.74) is 4.66. The molecule has 0 aliphatic carbocycles. The van der Waals surface area contributed by atoms with Crippen LogP contribution in [0.1, 0.15) is 33.5 Å². The largest absolute Gasteiger partial charge is 1.00 e. The van der Waals surface area contributed by atoms with Crippen LogP contribution in [-0.4, -0.2) is 34.9 Å². The minimum Gasteiger partial charge on any atom is -0.548 e. The Morgan fingerprint density at radius 1 is 0.952 bits per heavy atom. The second kappa shape index (κ2) is 15.5. The van der Waals surface area contributed by atoms with Crippen LogP contribution in [0.3, 0.4) is 0 Å². The van der Waals surface area contributed by atoms with Crippen molar-refractivity contribution in [2.75, 3.05) is 16.9 Å². The van der Waals surface area contributed by atoms with E-state index in [0.717, 1.165) is 28.3 Å². The van der Waals surface area contributed by atoms with Gasteiger partial charge in [-0.3, -0.25) is 9.78 Å². The minimum atomic E-state index is -1.34. The molecular formula is C32H30F2LiN3O3S. The first-order chi connectivity index (χ1) is 19.7. The molecule has 1 atom stereocenters. The van der Waals surface area contributed by atoms with Crippen LogP contribution >= 0.6 is 11.8 Å². The van der Waals surface area contributed by atoms with Gasteiger partial charge in [0.05, 0.1) is 12.0 Å². The van der Waals surface area contributed by atoms with Crippen molar-refractivity contribution in [3.8, 4) is 11.1 Å². The van der Waals surface area contributed by atoms with Crippen molar-refractivity contribution < 1.29 is 42.3 Å². The van der Waals surface area contributed by atoms with Gasteiger partial charge in [-0.15, -0.1) is 0 Å². The molecular weight excluding hydrogens is 551 g/mol. The van der Waals surface area contributed by atoms with Crippen molar-refractivity contribution >= 4 is 29.3 Å². The molecule has 10 heteroatoms. The fourth-order valence-electron chi connectivity index (χ4n) is 4.60. The molecule has 6 nitrogen and oxygen atoms in total. The van der Waals surface area contributed by atoms with Gasteiger partial charge in [-0.2, -0.15) is 11.8 Å². The average Bonchev–Trinajstić information content (AvgIpc) is 2.95. The molecule has 0 saturated carbocycles. The van der Waals surface area contributed by atoms with Gasteiger partial charge in [-0.05, 0) is 83.5 Å². The van der Waals surface area contributed by atoms with E-state index in [-0.39, 0.29) is 31.8 Å². The number of carbonyl (C=O) groups is 2. The van der Waals surface area contributed by atoms with Crippen molar-refractivity contribution in [3.05, 3.63) is 119 Å². The van der Waals surface area contributed by atoms with Crippen LogP contribution in [0.5, 0.6) is 0 Å². The first-order valence-electron chi connectivity index (χ1n) is 13.0. The first kappa shape index (κ1) is 32.9. The van der Waals surface area contributed by atoms with E-state index in [4.69, 9.17) is 0 Å². The van der Waals surface area contributed by atoms with Crippen molar-refractivity contribution in [3.63, 3.8) is 0 Å². The Labute approximate surface area is 260 Å². The summed E-state index contributed by atoms with van der Waals surface area (Å²) in [6.07, 6.45) is 5.44. The van der Waals surface area contributed by atoms with Gasteiger partial charge < -0.3 is 20.1 Å². The zero-order chi connectivity index (χ0) is 29.4. The molecule has 4 rings (SSSR count). The molecule has 42 heavy (non-hydrogen) atoms. The number of thioether (sulfide) groups is 1. The number of hydrogen-bond acceptors (Lipinski definition) is 6. The van der Waals surface area contributed by atoms with E-state index in [2.05, 4.69) is 10.3 Å². The molecule has 0 unspecified atom stereocenters. The number of halogens is 2. The Hall–Kier alpha value is -3.64. The third-order valence-corrected chi connectivity index (χ3v) is 7.29. The summed E-state index contributed by atoms with van der Waals surface area (Å²) in [4.78, 5) is 31.1. The maximum atomic E-state index is 14.2. The van der Waals surface area contributed by atoms with Crippen LogP contribution in [0.15, 0.2) is 85.2 Å². The van der Waals surface area contributed by atoms with E-state index in [1.807, 2.05) is 54.5 Å². The molecule has 0 fully saturated rings. The van der Waals surface area contributed by atoms with Crippen molar-refractivity contribution in [1.82, 2.24) is 10.3 Å². The van der Waals surface area contributed by atoms with Crippen LogP contribution in [0.4, 0.5) is 14.5 Å². The molecule has 1 amide bonds. The SMILES string of the molecule is CSCC[C@H](NC(=O)c1ccc(CN(Cc2cccnc2)c2cc(F)cc(F)c2)cc1-c1ccccc1C)C(=O)[O-].[Li+]. The molecule has 1 heterocycles. The normalized spacial score (nSPS) is 11.3. The number of anilines is 1. The summed E-state index contributed by atoms with van der Waals surface area (Å²) in [5.74, 6) is -2.68. The predicted octanol–water partition coefficient (Wildman–Crippen LogP) is 2.15. The molecule has 4 aromatic rings. The zero-order valence-electron chi connectivity index (χ0n) is 23.8. The van der Waals surface area contributed by atoms with E-state index >= 15 is 0 Å². The smallest absolute Gasteiger partial charge is 0.548 e. The van der Waals surface area contributed by atoms with Gasteiger partial charge in [0, 0.05) is 42.8 Å². The molecule has 0 spiro atoms. The number of nitrogens with one attached hydrogen (secondary N) is 1. The third-order valence-electron chi connectivity index (χ3n) is 6.65. The van der Waals surface area contributed by atoms with Gasteiger partial charge >= 0.3 is 18.9 Å². The minimum absolute atomic E-state index is 0. The maximum Gasteiger partial charge on any atom is 1.00 e. The number of hydrogen-bond donors (Lipinski definition) is 1. The summed E-state index contributed by atoms with van der Waals surface area (Å²) in [5, 5.41) is 14.3. The Morgan fingerprint density at radius 2 is 1.67 bits per heavy atom. The summed E-state index contributed by atoms with van der Waals surface area (Å²) < 4.78 is 28.4. The van der Waals surface area contributed by atoms with Crippen molar-refractivity contribution in [2.45, 2.75) is 32.5 Å². The second-order valence-electron chi connectivity index (χ2n) is 9.67. The topological polar surface area (TPSA) is 85.4 Å². The Bertz CT molecular complexity index is 1500. The van der Waals surface area contributed by atoms with Gasteiger partial charge in [-0.25, -0.2) is 8.78 Å². The van der Waals surface area contributed by atoms with Gasteiger partial charge in [0.2, 0.25) is 0 Å². The van der Waals surface area contributed by atoms with Crippen molar-refractivity contribution in [1.29, 1.82) is 0 Å². The number of aryl methyl sites for hydroxylation is 1. The van der Waals surface area contributed by atoms with Crippen molar-refractivity contribution in [2.24, 2.45) is 0 Å². The van der Waals surface area contributed by atoms with E-state index in [1.54, 1.807) is 30.6 Å². The van der Waals surface area contributed by atoms with Crippen LogP contribution < -0.4 is 34.2 Å². The van der Waals surface area contributed by atoms with Gasteiger partial charge in [0.15, 0.2) is 0 Å². The fraction of sp³-hybridized carbons (Fsp3) is 0.219. The first-order valence-corrected chi connectivity index (χ1v) is 14.4. The quantitative estimate of drug-likeness (QED) is 0.258. The Balaban J connectivity index is 0.00000484. The molecule has 0 aliphatic rings. The number of nitrogens with zero attached hydrogens (tertiary/aromatic N) is 2. The monoisotopic (exact) mass is 581 g/mol. The third kappa shape index (κ3) is 8.68. The van der Waals surface area contributed by atoms with E-state index in [0.29, 0.717) is 29.1 Å². The number of carboxylic acid groups (broad SMARTS) is 1. The molecule has 0 saturated heterocycles. The number of pyridine rings is 1. The number of rotatable bonds is 12. The van der Waals surface area contributed by atoms with Crippen LogP contribution in [-0.2, 0) is 17.9 Å². The molecule has 1 aromatic heterocycles. The van der Waals surface area contributed by atoms with E-state index in [9.17, 15) is 23.5 Å². The van der Waals surface area contributed by atoms with E-state index < -0.39 is 29.6 Å². The fourth-order valence-corrected chi connectivity index (χ4v) is 5.07. The number of aliphatic carboxylic acids is 1. The Morgan fingerprint density at radius 3 is 2.31 bits per heavy atom. The summed E-state index contributed by atoms with van der Waals surface area (Å²) in [6.45, 7) is 2.53.